The van der Waals surface area contributed by atoms with E-state index in [0.29, 0.717) is 0 Å². The van der Waals surface area contributed by atoms with E-state index < -0.39 is 0 Å². The molecule has 5 nitrogen and oxygen atoms in total. The number of nitrogens with one attached hydrogen (secondary N) is 1. The second-order valence-corrected chi connectivity index (χ2v) is 6.56. The highest BCUT2D eigenvalue weighted by Gasteiger charge is 2.09. The summed E-state index contributed by atoms with van der Waals surface area (Å²) in [6, 6.07) is 26.5. The molecule has 0 bridgehead atoms. The first-order chi connectivity index (χ1) is 13.8. The molecule has 1 unspecified atom stereocenters. The maximum Gasteiger partial charge on any atom is 0.138 e. The molecule has 0 fully saturated rings. The van der Waals surface area contributed by atoms with Gasteiger partial charge in [0.1, 0.15) is 24.2 Å². The van der Waals surface area contributed by atoms with E-state index in [-0.39, 0.29) is 6.04 Å². The molecule has 1 heterocycles. The van der Waals surface area contributed by atoms with Crippen LogP contribution in [0.25, 0.3) is 5.69 Å². The minimum Gasteiger partial charge on any atom is -0.457 e. The molecule has 3 aromatic carbocycles. The van der Waals surface area contributed by atoms with Gasteiger partial charge in [-0.05, 0) is 42.8 Å². The Labute approximate surface area is 164 Å². The fourth-order valence-electron chi connectivity index (χ4n) is 3.00. The zero-order valence-corrected chi connectivity index (χ0v) is 15.7. The van der Waals surface area contributed by atoms with Crippen LogP contribution in [0.2, 0.25) is 0 Å². The van der Waals surface area contributed by atoms with Gasteiger partial charge in [0, 0.05) is 18.2 Å². The van der Waals surface area contributed by atoms with Gasteiger partial charge >= 0.3 is 0 Å². The third-order valence-electron chi connectivity index (χ3n) is 4.62. The van der Waals surface area contributed by atoms with Crippen molar-refractivity contribution >= 4 is 0 Å². The molecule has 0 aliphatic heterocycles. The lowest BCUT2D eigenvalue weighted by Gasteiger charge is -2.17. The number of hydrogen-bond donors (Lipinski definition) is 1. The first kappa shape index (κ1) is 17.9. The predicted octanol–water partition coefficient (Wildman–Crippen LogP) is 4.91. The maximum absolute atomic E-state index is 6.05. The molecule has 4 aromatic rings. The first-order valence-electron chi connectivity index (χ1n) is 9.29. The van der Waals surface area contributed by atoms with E-state index >= 15 is 0 Å². The normalized spacial score (nSPS) is 11.9. The van der Waals surface area contributed by atoms with Gasteiger partial charge in [-0.25, -0.2) is 9.67 Å². The molecular weight excluding hydrogens is 348 g/mol. The van der Waals surface area contributed by atoms with E-state index in [9.17, 15) is 0 Å². The molecule has 1 atom stereocenters. The van der Waals surface area contributed by atoms with Gasteiger partial charge in [0.2, 0.25) is 0 Å². The van der Waals surface area contributed by atoms with Gasteiger partial charge in [0.05, 0.1) is 5.69 Å². The Balaban J connectivity index is 1.41. The lowest BCUT2D eigenvalue weighted by molar-refractivity contribution is 0.468. The van der Waals surface area contributed by atoms with Gasteiger partial charge in [-0.2, -0.15) is 5.10 Å². The molecule has 4 rings (SSSR count). The van der Waals surface area contributed by atoms with Crippen LogP contribution in [0.3, 0.4) is 0 Å². The Hall–Kier alpha value is -3.44. The zero-order chi connectivity index (χ0) is 19.2. The summed E-state index contributed by atoms with van der Waals surface area (Å²) in [7, 11) is 0. The van der Waals surface area contributed by atoms with Crippen LogP contribution in [0.5, 0.6) is 11.5 Å². The summed E-state index contributed by atoms with van der Waals surface area (Å²) in [4.78, 5) is 3.98. The number of rotatable bonds is 7. The van der Waals surface area contributed by atoms with Crippen LogP contribution < -0.4 is 10.1 Å². The summed E-state index contributed by atoms with van der Waals surface area (Å²) in [5, 5.41) is 7.74. The topological polar surface area (TPSA) is 52.0 Å². The average molecular weight is 370 g/mol. The number of benzene rings is 3. The monoisotopic (exact) mass is 370 g/mol. The largest absolute Gasteiger partial charge is 0.457 e. The summed E-state index contributed by atoms with van der Waals surface area (Å²) in [6.07, 6.45) is 3.23. The van der Waals surface area contributed by atoms with E-state index in [1.54, 1.807) is 11.0 Å². The van der Waals surface area contributed by atoms with E-state index in [4.69, 9.17) is 4.74 Å². The van der Waals surface area contributed by atoms with Crippen molar-refractivity contribution in [1.82, 2.24) is 20.1 Å². The highest BCUT2D eigenvalue weighted by Crippen LogP contribution is 2.25. The fourth-order valence-corrected chi connectivity index (χ4v) is 3.00. The van der Waals surface area contributed by atoms with Crippen molar-refractivity contribution in [3.8, 4) is 17.2 Å². The zero-order valence-electron chi connectivity index (χ0n) is 15.7. The van der Waals surface area contributed by atoms with Crippen molar-refractivity contribution < 1.29 is 4.74 Å². The van der Waals surface area contributed by atoms with Crippen LogP contribution in [-0.4, -0.2) is 14.8 Å². The molecule has 0 aliphatic carbocycles. The Morgan fingerprint density at radius 2 is 1.68 bits per heavy atom. The second-order valence-electron chi connectivity index (χ2n) is 6.56. The Kier molecular flexibility index (Phi) is 5.45. The Morgan fingerprint density at radius 3 is 2.43 bits per heavy atom. The number of para-hydroxylation sites is 2. The van der Waals surface area contributed by atoms with Crippen molar-refractivity contribution in [2.24, 2.45) is 0 Å². The van der Waals surface area contributed by atoms with Crippen LogP contribution in [0, 0.1) is 0 Å². The quantitative estimate of drug-likeness (QED) is 0.502. The summed E-state index contributed by atoms with van der Waals surface area (Å²) in [5.41, 5.74) is 3.33. The van der Waals surface area contributed by atoms with Crippen molar-refractivity contribution in [2.75, 3.05) is 0 Å². The van der Waals surface area contributed by atoms with Gasteiger partial charge in [-0.15, -0.1) is 0 Å². The summed E-state index contributed by atoms with van der Waals surface area (Å²) >= 11 is 0. The molecule has 1 N–H and O–H groups in total. The Morgan fingerprint density at radius 1 is 0.929 bits per heavy atom. The molecule has 5 heteroatoms. The van der Waals surface area contributed by atoms with Gasteiger partial charge in [-0.3, -0.25) is 0 Å². The van der Waals surface area contributed by atoms with E-state index in [2.05, 4.69) is 52.7 Å². The van der Waals surface area contributed by atoms with Crippen LogP contribution in [0.15, 0.2) is 91.5 Å². The van der Waals surface area contributed by atoms with E-state index in [0.717, 1.165) is 29.3 Å². The Bertz CT molecular complexity index is 998. The highest BCUT2D eigenvalue weighted by molar-refractivity contribution is 5.38. The van der Waals surface area contributed by atoms with Crippen molar-refractivity contribution in [3.05, 3.63) is 103 Å². The van der Waals surface area contributed by atoms with Crippen molar-refractivity contribution in [1.29, 1.82) is 0 Å². The molecule has 0 amide bonds. The molecule has 0 spiro atoms. The van der Waals surface area contributed by atoms with E-state index in [1.807, 2.05) is 48.5 Å². The molecule has 1 aromatic heterocycles. The summed E-state index contributed by atoms with van der Waals surface area (Å²) in [5.74, 6) is 1.71. The summed E-state index contributed by atoms with van der Waals surface area (Å²) < 4.78 is 7.80. The third-order valence-corrected chi connectivity index (χ3v) is 4.62. The van der Waals surface area contributed by atoms with Crippen molar-refractivity contribution in [2.45, 2.75) is 19.5 Å². The van der Waals surface area contributed by atoms with Gasteiger partial charge in [0.25, 0.3) is 0 Å². The lowest BCUT2D eigenvalue weighted by atomic mass is 10.1. The summed E-state index contributed by atoms with van der Waals surface area (Å²) in [6.45, 7) is 2.88. The fraction of sp³-hybridized carbons (Fsp3) is 0.130. The van der Waals surface area contributed by atoms with Gasteiger partial charge in [0.15, 0.2) is 0 Å². The number of hydrogen-bond acceptors (Lipinski definition) is 4. The molecule has 0 saturated heterocycles. The number of aromatic nitrogens is 3. The molecular formula is C23H22N4O. The molecule has 140 valence electrons. The molecule has 0 radical (unpaired) electrons. The van der Waals surface area contributed by atoms with Crippen LogP contribution in [-0.2, 0) is 6.54 Å². The van der Waals surface area contributed by atoms with Gasteiger partial charge in [-0.1, -0.05) is 48.5 Å². The lowest BCUT2D eigenvalue weighted by Crippen LogP contribution is -2.18. The average Bonchev–Trinajstić information content (AvgIpc) is 3.29. The third kappa shape index (κ3) is 4.27. The second kappa shape index (κ2) is 8.50. The predicted molar refractivity (Wildman–Crippen MR) is 110 cm³/mol. The SMILES string of the molecule is CC(NCc1ccccc1Oc1ccccc1)c1ccc(-n2cncn2)cc1. The van der Waals surface area contributed by atoms with Crippen LogP contribution >= 0.6 is 0 Å². The molecule has 0 saturated carbocycles. The first-order valence-corrected chi connectivity index (χ1v) is 9.29. The standard InChI is InChI=1S/C23H22N4O/c1-18(19-11-13-21(14-12-19)27-17-24-16-26-27)25-15-20-7-5-6-10-23(20)28-22-8-3-2-4-9-22/h2-14,16-18,25H,15H2,1H3. The van der Waals surface area contributed by atoms with Crippen LogP contribution in [0.1, 0.15) is 24.1 Å². The number of nitrogens with zero attached hydrogens (tertiary/aromatic N) is 3. The van der Waals surface area contributed by atoms with Gasteiger partial charge < -0.3 is 10.1 Å². The maximum atomic E-state index is 6.05. The molecule has 28 heavy (non-hydrogen) atoms. The van der Waals surface area contributed by atoms with E-state index in [1.165, 1.54) is 11.9 Å². The highest BCUT2D eigenvalue weighted by atomic mass is 16.5. The molecule has 0 aliphatic rings. The number of ether oxygens (including phenoxy) is 1. The smallest absolute Gasteiger partial charge is 0.138 e. The minimum atomic E-state index is 0.203. The van der Waals surface area contributed by atoms with Crippen LogP contribution in [0.4, 0.5) is 0 Å². The van der Waals surface area contributed by atoms with Crippen molar-refractivity contribution in [3.63, 3.8) is 0 Å². The minimum absolute atomic E-state index is 0.203.